The van der Waals surface area contributed by atoms with Gasteiger partial charge in [-0.1, -0.05) is 41.4 Å². The van der Waals surface area contributed by atoms with Gasteiger partial charge in [-0.15, -0.1) is 0 Å². The quantitative estimate of drug-likeness (QED) is 0.569. The Kier molecular flexibility index (Phi) is 4.33. The molecule has 0 aliphatic carbocycles. The van der Waals surface area contributed by atoms with Gasteiger partial charge in [0, 0.05) is 11.8 Å². The molecule has 110 valence electrons. The van der Waals surface area contributed by atoms with Crippen LogP contribution in [0.25, 0.3) is 11.5 Å². The van der Waals surface area contributed by atoms with Crippen LogP contribution < -0.4 is 0 Å². The Morgan fingerprint density at radius 3 is 2.82 bits per heavy atom. The normalized spacial score (nSPS) is 11.2. The SMILES string of the molecule is S=c1[nH]nc(-c2ccccn2)n1N=Cc1cccc(Cl)c1Cl. The first-order valence-corrected chi connectivity index (χ1v) is 7.40. The zero-order valence-electron chi connectivity index (χ0n) is 11.1. The lowest BCUT2D eigenvalue weighted by Gasteiger charge is -2.01. The van der Waals surface area contributed by atoms with Crippen LogP contribution in [-0.2, 0) is 0 Å². The third-order valence-electron chi connectivity index (χ3n) is 2.84. The van der Waals surface area contributed by atoms with Crippen LogP contribution in [0.5, 0.6) is 0 Å². The van der Waals surface area contributed by atoms with Gasteiger partial charge in [0.15, 0.2) is 0 Å². The molecule has 0 amide bonds. The van der Waals surface area contributed by atoms with Gasteiger partial charge in [-0.3, -0.25) is 4.98 Å². The summed E-state index contributed by atoms with van der Waals surface area (Å²) in [6, 6.07) is 10.8. The van der Waals surface area contributed by atoms with Gasteiger partial charge in [-0.25, -0.2) is 5.10 Å². The number of aromatic amines is 1. The van der Waals surface area contributed by atoms with Crippen LogP contribution in [0.2, 0.25) is 10.0 Å². The second kappa shape index (κ2) is 6.39. The number of hydrogen-bond acceptors (Lipinski definition) is 4. The van der Waals surface area contributed by atoms with E-state index in [0.717, 1.165) is 0 Å². The Morgan fingerprint density at radius 1 is 1.18 bits per heavy atom. The predicted octanol–water partition coefficient (Wildman–Crippen LogP) is 4.19. The molecule has 0 atom stereocenters. The van der Waals surface area contributed by atoms with Crippen molar-refractivity contribution in [1.29, 1.82) is 0 Å². The molecule has 3 rings (SSSR count). The Hall–Kier alpha value is -2.02. The highest BCUT2D eigenvalue weighted by Gasteiger charge is 2.09. The number of H-pyrrole nitrogens is 1. The van der Waals surface area contributed by atoms with Crippen molar-refractivity contribution in [2.24, 2.45) is 5.10 Å². The Labute approximate surface area is 141 Å². The lowest BCUT2D eigenvalue weighted by Crippen LogP contribution is -1.96. The molecule has 2 aromatic heterocycles. The standard InChI is InChI=1S/C14H9Cl2N5S/c15-10-5-3-4-9(12(10)16)8-18-21-13(19-20-14(21)22)11-6-1-2-7-17-11/h1-8H,(H,20,22). The van der Waals surface area contributed by atoms with Crippen molar-refractivity contribution in [2.45, 2.75) is 0 Å². The van der Waals surface area contributed by atoms with Crippen LogP contribution >= 0.6 is 35.4 Å². The fourth-order valence-electron chi connectivity index (χ4n) is 1.80. The topological polar surface area (TPSA) is 58.9 Å². The van der Waals surface area contributed by atoms with Crippen molar-refractivity contribution in [3.63, 3.8) is 0 Å². The highest BCUT2D eigenvalue weighted by molar-refractivity contribution is 7.71. The van der Waals surface area contributed by atoms with E-state index in [2.05, 4.69) is 20.3 Å². The largest absolute Gasteiger partial charge is 0.253 e. The third kappa shape index (κ3) is 2.94. The summed E-state index contributed by atoms with van der Waals surface area (Å²) < 4.78 is 1.84. The highest BCUT2D eigenvalue weighted by atomic mass is 35.5. The molecule has 3 aromatic rings. The van der Waals surface area contributed by atoms with Gasteiger partial charge in [-0.2, -0.15) is 14.9 Å². The molecule has 0 aliphatic heterocycles. The van der Waals surface area contributed by atoms with E-state index in [1.807, 2.05) is 24.3 Å². The second-order valence-corrected chi connectivity index (χ2v) is 5.44. The maximum Gasteiger partial charge on any atom is 0.216 e. The smallest absolute Gasteiger partial charge is 0.216 e. The summed E-state index contributed by atoms with van der Waals surface area (Å²) in [7, 11) is 0. The van der Waals surface area contributed by atoms with Gasteiger partial charge >= 0.3 is 0 Å². The summed E-state index contributed by atoms with van der Waals surface area (Å²) in [4.78, 5) is 4.24. The minimum absolute atomic E-state index is 0.357. The van der Waals surface area contributed by atoms with Gasteiger partial charge in [0.25, 0.3) is 0 Å². The molecule has 0 saturated heterocycles. The average molecular weight is 350 g/mol. The summed E-state index contributed by atoms with van der Waals surface area (Å²) >= 11 is 17.3. The van der Waals surface area contributed by atoms with Gasteiger partial charge in [-0.05, 0) is 30.4 Å². The van der Waals surface area contributed by atoms with Crippen molar-refractivity contribution in [3.8, 4) is 11.5 Å². The zero-order valence-corrected chi connectivity index (χ0v) is 13.4. The van der Waals surface area contributed by atoms with E-state index in [0.29, 0.717) is 31.9 Å². The molecule has 0 unspecified atom stereocenters. The van der Waals surface area contributed by atoms with Crippen LogP contribution in [0.3, 0.4) is 0 Å². The molecular formula is C14H9Cl2N5S. The van der Waals surface area contributed by atoms with Crippen LogP contribution in [0.15, 0.2) is 47.7 Å². The zero-order chi connectivity index (χ0) is 15.5. The van der Waals surface area contributed by atoms with E-state index in [-0.39, 0.29) is 0 Å². The lowest BCUT2D eigenvalue weighted by atomic mass is 10.2. The van der Waals surface area contributed by atoms with Gasteiger partial charge in [0.1, 0.15) is 5.69 Å². The number of benzene rings is 1. The minimum atomic E-state index is 0.357. The molecule has 22 heavy (non-hydrogen) atoms. The molecule has 2 heterocycles. The van der Waals surface area contributed by atoms with E-state index in [1.54, 1.807) is 24.5 Å². The summed E-state index contributed by atoms with van der Waals surface area (Å²) in [5.41, 5.74) is 1.34. The maximum atomic E-state index is 6.14. The Balaban J connectivity index is 2.03. The summed E-state index contributed by atoms with van der Waals surface area (Å²) in [5.74, 6) is 0.514. The van der Waals surface area contributed by atoms with Crippen LogP contribution in [0.4, 0.5) is 0 Å². The second-order valence-electron chi connectivity index (χ2n) is 4.27. The number of pyridine rings is 1. The first-order valence-electron chi connectivity index (χ1n) is 6.24. The number of aromatic nitrogens is 4. The van der Waals surface area contributed by atoms with Crippen LogP contribution in [0, 0.1) is 4.77 Å². The third-order valence-corrected chi connectivity index (χ3v) is 3.94. The molecule has 5 nitrogen and oxygen atoms in total. The predicted molar refractivity (Wildman–Crippen MR) is 90.1 cm³/mol. The van der Waals surface area contributed by atoms with Crippen molar-refractivity contribution in [2.75, 3.05) is 0 Å². The average Bonchev–Trinajstić information content (AvgIpc) is 2.91. The van der Waals surface area contributed by atoms with Gasteiger partial charge < -0.3 is 0 Å². The lowest BCUT2D eigenvalue weighted by molar-refractivity contribution is 0.867. The summed E-state index contributed by atoms with van der Waals surface area (Å²) in [6.45, 7) is 0. The number of hydrogen-bond donors (Lipinski definition) is 1. The first-order chi connectivity index (χ1) is 10.7. The van der Waals surface area contributed by atoms with E-state index < -0.39 is 0 Å². The molecule has 0 radical (unpaired) electrons. The molecule has 8 heteroatoms. The van der Waals surface area contributed by atoms with Crippen molar-refractivity contribution >= 4 is 41.6 Å². The molecule has 0 aliphatic rings. The molecular weight excluding hydrogens is 341 g/mol. The molecule has 0 spiro atoms. The summed E-state index contributed by atoms with van der Waals surface area (Å²) in [5, 5.41) is 12.1. The maximum absolute atomic E-state index is 6.14. The van der Waals surface area contributed by atoms with E-state index in [1.165, 1.54) is 4.68 Å². The van der Waals surface area contributed by atoms with Crippen molar-refractivity contribution in [1.82, 2.24) is 19.9 Å². The minimum Gasteiger partial charge on any atom is -0.253 e. The van der Waals surface area contributed by atoms with Crippen LogP contribution in [-0.4, -0.2) is 26.1 Å². The molecule has 0 fully saturated rings. The molecule has 0 bridgehead atoms. The van der Waals surface area contributed by atoms with E-state index in [9.17, 15) is 0 Å². The molecule has 1 aromatic carbocycles. The first kappa shape index (κ1) is 14.9. The Morgan fingerprint density at radius 2 is 2.05 bits per heavy atom. The van der Waals surface area contributed by atoms with E-state index >= 15 is 0 Å². The van der Waals surface area contributed by atoms with Crippen molar-refractivity contribution in [3.05, 3.63) is 63.0 Å². The summed E-state index contributed by atoms with van der Waals surface area (Å²) in [6.07, 6.45) is 3.25. The Bertz CT molecular complexity index is 886. The van der Waals surface area contributed by atoms with Crippen LogP contribution in [0.1, 0.15) is 5.56 Å². The fourth-order valence-corrected chi connectivity index (χ4v) is 2.34. The number of rotatable bonds is 3. The van der Waals surface area contributed by atoms with Gasteiger partial charge in [0.2, 0.25) is 10.6 Å². The van der Waals surface area contributed by atoms with Crippen molar-refractivity contribution < 1.29 is 0 Å². The number of nitrogens with one attached hydrogen (secondary N) is 1. The fraction of sp³-hybridized carbons (Fsp3) is 0. The monoisotopic (exact) mass is 349 g/mol. The highest BCUT2D eigenvalue weighted by Crippen LogP contribution is 2.24. The van der Waals surface area contributed by atoms with E-state index in [4.69, 9.17) is 35.4 Å². The number of nitrogens with zero attached hydrogens (tertiary/aromatic N) is 4. The molecule has 1 N–H and O–H groups in total. The molecule has 0 saturated carbocycles. The number of halogens is 2. The van der Waals surface area contributed by atoms with Gasteiger partial charge in [0.05, 0.1) is 16.3 Å².